The molecule has 108 valence electrons. The number of carboxylic acid groups (broad SMARTS) is 1. The molecule has 0 aliphatic heterocycles. The maximum atomic E-state index is 12.1. The van der Waals surface area contributed by atoms with Crippen molar-refractivity contribution in [3.63, 3.8) is 0 Å². The molecule has 0 saturated carbocycles. The van der Waals surface area contributed by atoms with Crippen molar-refractivity contribution in [3.8, 4) is 0 Å². The number of thioether (sulfide) groups is 1. The Balaban J connectivity index is 2.16. The van der Waals surface area contributed by atoms with E-state index in [0.29, 0.717) is 11.4 Å². The smallest absolute Gasteiger partial charge is 0.337 e. The summed E-state index contributed by atoms with van der Waals surface area (Å²) >= 11 is 1.62. The molecule has 0 saturated heterocycles. The molecule has 2 rings (SSSR count). The van der Waals surface area contributed by atoms with Crippen molar-refractivity contribution in [3.05, 3.63) is 53.3 Å². The molecule has 0 aliphatic rings. The van der Waals surface area contributed by atoms with E-state index < -0.39 is 5.97 Å². The third kappa shape index (κ3) is 3.61. The van der Waals surface area contributed by atoms with Crippen molar-refractivity contribution in [2.45, 2.75) is 11.8 Å². The lowest BCUT2D eigenvalue weighted by Crippen LogP contribution is -2.15. The van der Waals surface area contributed by atoms with Gasteiger partial charge in [0.1, 0.15) is 5.69 Å². The Morgan fingerprint density at radius 1 is 1.14 bits per heavy atom. The highest BCUT2D eigenvalue weighted by Gasteiger charge is 2.13. The van der Waals surface area contributed by atoms with Crippen molar-refractivity contribution in [1.82, 2.24) is 4.98 Å². The summed E-state index contributed by atoms with van der Waals surface area (Å²) in [6, 6.07) is 10.2. The predicted molar refractivity (Wildman–Crippen MR) is 82.1 cm³/mol. The highest BCUT2D eigenvalue weighted by atomic mass is 32.2. The zero-order valence-corrected chi connectivity index (χ0v) is 12.4. The number of aromatic nitrogens is 1. The monoisotopic (exact) mass is 302 g/mol. The largest absolute Gasteiger partial charge is 0.478 e. The molecule has 2 aromatic rings. The van der Waals surface area contributed by atoms with Crippen LogP contribution in [0.4, 0.5) is 5.69 Å². The third-order valence-corrected chi connectivity index (χ3v) is 3.64. The van der Waals surface area contributed by atoms with E-state index in [9.17, 15) is 9.59 Å². The van der Waals surface area contributed by atoms with Crippen LogP contribution in [0, 0.1) is 6.92 Å². The number of aromatic carboxylic acids is 1. The van der Waals surface area contributed by atoms with Gasteiger partial charge in [0.2, 0.25) is 0 Å². The first-order valence-electron chi connectivity index (χ1n) is 6.17. The van der Waals surface area contributed by atoms with Gasteiger partial charge < -0.3 is 10.4 Å². The van der Waals surface area contributed by atoms with Gasteiger partial charge in [0, 0.05) is 10.6 Å². The summed E-state index contributed by atoms with van der Waals surface area (Å²) in [5, 5.41) is 11.7. The summed E-state index contributed by atoms with van der Waals surface area (Å²) in [5.41, 5.74) is 1.26. The fraction of sp³-hybridized carbons (Fsp3) is 0.133. The Labute approximate surface area is 126 Å². The second-order valence-corrected chi connectivity index (χ2v) is 5.20. The maximum absolute atomic E-state index is 12.1. The van der Waals surface area contributed by atoms with Gasteiger partial charge in [-0.1, -0.05) is 0 Å². The van der Waals surface area contributed by atoms with E-state index in [2.05, 4.69) is 10.3 Å². The Kier molecular flexibility index (Phi) is 4.59. The molecule has 0 spiro atoms. The summed E-state index contributed by atoms with van der Waals surface area (Å²) in [6.45, 7) is 1.56. The van der Waals surface area contributed by atoms with Crippen molar-refractivity contribution >= 4 is 29.3 Å². The molecule has 1 aromatic heterocycles. The number of pyridine rings is 1. The number of nitrogens with zero attached hydrogens (tertiary/aromatic N) is 1. The molecule has 2 N–H and O–H groups in total. The Bertz CT molecular complexity index is 684. The quantitative estimate of drug-likeness (QED) is 0.849. The van der Waals surface area contributed by atoms with Gasteiger partial charge in [-0.15, -0.1) is 11.8 Å². The summed E-state index contributed by atoms with van der Waals surface area (Å²) < 4.78 is 0. The minimum Gasteiger partial charge on any atom is -0.478 e. The minimum absolute atomic E-state index is 0.0934. The van der Waals surface area contributed by atoms with Gasteiger partial charge in [-0.2, -0.15) is 0 Å². The van der Waals surface area contributed by atoms with Gasteiger partial charge >= 0.3 is 5.97 Å². The van der Waals surface area contributed by atoms with Gasteiger partial charge in [-0.3, -0.25) is 4.79 Å². The van der Waals surface area contributed by atoms with Crippen LogP contribution in [0.25, 0.3) is 0 Å². The Morgan fingerprint density at radius 3 is 2.33 bits per heavy atom. The van der Waals surface area contributed by atoms with Gasteiger partial charge in [0.15, 0.2) is 0 Å². The number of carbonyl (C=O) groups excluding carboxylic acids is 1. The van der Waals surface area contributed by atoms with E-state index in [4.69, 9.17) is 5.11 Å². The molecule has 0 bridgehead atoms. The summed E-state index contributed by atoms with van der Waals surface area (Å²) in [7, 11) is 0. The number of hydrogen-bond donors (Lipinski definition) is 2. The number of carboxylic acids is 1. The standard InChI is InChI=1S/C15H14N2O3S/c1-9-12(15(19)20)7-8-13(16-9)14(18)17-10-3-5-11(21-2)6-4-10/h3-8H,1-2H3,(H,17,18)(H,19,20). The van der Waals surface area contributed by atoms with Crippen molar-refractivity contribution in [1.29, 1.82) is 0 Å². The number of hydrogen-bond acceptors (Lipinski definition) is 4. The molecule has 0 radical (unpaired) electrons. The molecule has 21 heavy (non-hydrogen) atoms. The lowest BCUT2D eigenvalue weighted by atomic mass is 10.2. The number of amides is 1. The molecule has 5 nitrogen and oxygen atoms in total. The third-order valence-electron chi connectivity index (χ3n) is 2.90. The zero-order chi connectivity index (χ0) is 15.4. The highest BCUT2D eigenvalue weighted by Crippen LogP contribution is 2.18. The van der Waals surface area contributed by atoms with E-state index in [1.807, 2.05) is 30.5 Å². The van der Waals surface area contributed by atoms with Crippen LogP contribution in [0.15, 0.2) is 41.3 Å². The number of carbonyl (C=O) groups is 2. The molecule has 6 heteroatoms. The topological polar surface area (TPSA) is 79.3 Å². The number of benzene rings is 1. The number of aryl methyl sites for hydroxylation is 1. The second kappa shape index (κ2) is 6.41. The Morgan fingerprint density at radius 2 is 1.81 bits per heavy atom. The second-order valence-electron chi connectivity index (χ2n) is 4.32. The summed E-state index contributed by atoms with van der Waals surface area (Å²) in [6.07, 6.45) is 1.98. The van der Waals surface area contributed by atoms with Crippen LogP contribution in [0.3, 0.4) is 0 Å². The molecular formula is C15H14N2O3S. The lowest BCUT2D eigenvalue weighted by molar-refractivity contribution is 0.0695. The van der Waals surface area contributed by atoms with E-state index >= 15 is 0 Å². The highest BCUT2D eigenvalue weighted by molar-refractivity contribution is 7.98. The molecular weight excluding hydrogens is 288 g/mol. The summed E-state index contributed by atoms with van der Waals surface area (Å²) in [5.74, 6) is -1.42. The fourth-order valence-corrected chi connectivity index (χ4v) is 2.19. The van der Waals surface area contributed by atoms with Crippen LogP contribution < -0.4 is 5.32 Å². The van der Waals surface area contributed by atoms with Crippen molar-refractivity contribution < 1.29 is 14.7 Å². The van der Waals surface area contributed by atoms with E-state index in [0.717, 1.165) is 4.90 Å². The fourth-order valence-electron chi connectivity index (χ4n) is 1.78. The average Bonchev–Trinajstić information content (AvgIpc) is 2.47. The SMILES string of the molecule is CSc1ccc(NC(=O)c2ccc(C(=O)O)c(C)n2)cc1. The van der Waals surface area contributed by atoms with Gasteiger partial charge in [-0.25, -0.2) is 9.78 Å². The van der Waals surface area contributed by atoms with E-state index in [1.165, 1.54) is 12.1 Å². The first kappa shape index (κ1) is 15.1. The van der Waals surface area contributed by atoms with Gasteiger partial charge in [0.25, 0.3) is 5.91 Å². The average molecular weight is 302 g/mol. The number of nitrogens with one attached hydrogen (secondary N) is 1. The van der Waals surface area contributed by atoms with Crippen molar-refractivity contribution in [2.24, 2.45) is 0 Å². The first-order chi connectivity index (χ1) is 10.0. The molecule has 0 atom stereocenters. The first-order valence-corrected chi connectivity index (χ1v) is 7.40. The van der Waals surface area contributed by atoms with Crippen LogP contribution >= 0.6 is 11.8 Å². The van der Waals surface area contributed by atoms with Gasteiger partial charge in [-0.05, 0) is 49.6 Å². The van der Waals surface area contributed by atoms with Crippen molar-refractivity contribution in [2.75, 3.05) is 11.6 Å². The lowest BCUT2D eigenvalue weighted by Gasteiger charge is -2.07. The molecule has 1 amide bonds. The molecule has 0 unspecified atom stereocenters. The summed E-state index contributed by atoms with van der Waals surface area (Å²) in [4.78, 5) is 28.1. The molecule has 0 aliphatic carbocycles. The Hall–Kier alpha value is -2.34. The van der Waals surface area contributed by atoms with Crippen LogP contribution in [0.2, 0.25) is 0 Å². The number of rotatable bonds is 4. The van der Waals surface area contributed by atoms with E-state index in [-0.39, 0.29) is 17.2 Å². The molecule has 0 fully saturated rings. The van der Waals surface area contributed by atoms with Crippen LogP contribution in [-0.4, -0.2) is 28.2 Å². The molecule has 1 aromatic carbocycles. The van der Waals surface area contributed by atoms with Crippen LogP contribution in [-0.2, 0) is 0 Å². The number of anilines is 1. The zero-order valence-electron chi connectivity index (χ0n) is 11.6. The van der Waals surface area contributed by atoms with Crippen LogP contribution in [0.1, 0.15) is 26.5 Å². The minimum atomic E-state index is -1.06. The molecule has 1 heterocycles. The predicted octanol–water partition coefficient (Wildman–Crippen LogP) is 3.06. The normalized spacial score (nSPS) is 10.2. The maximum Gasteiger partial charge on any atom is 0.337 e. The van der Waals surface area contributed by atoms with E-state index in [1.54, 1.807) is 18.7 Å². The van der Waals surface area contributed by atoms with Gasteiger partial charge in [0.05, 0.1) is 11.3 Å². The van der Waals surface area contributed by atoms with Crippen LogP contribution in [0.5, 0.6) is 0 Å².